The van der Waals surface area contributed by atoms with Gasteiger partial charge in [-0.05, 0) is 86.0 Å². The zero-order chi connectivity index (χ0) is 25.4. The molecule has 3 aliphatic carbocycles. The SMILES string of the molecule is Cc1ccc(C)c2c1C1c3ccccc3C2(C#Cc2c3ccccc3cc3ccccc23)c2ccccc21. The molecule has 0 heteroatoms. The molecule has 6 aromatic rings. The molecule has 0 aliphatic heterocycles. The minimum absolute atomic E-state index is 0.249. The van der Waals surface area contributed by atoms with Crippen LogP contribution >= 0.6 is 0 Å². The van der Waals surface area contributed by atoms with E-state index in [9.17, 15) is 0 Å². The van der Waals surface area contributed by atoms with Crippen LogP contribution in [0.1, 0.15) is 56.0 Å². The number of hydrogen-bond acceptors (Lipinski definition) is 0. The Hall–Kier alpha value is -4.60. The Balaban J connectivity index is 1.55. The Kier molecular flexibility index (Phi) is 4.35. The Labute approximate surface area is 223 Å². The first-order chi connectivity index (χ1) is 18.7. The third-order valence-corrected chi connectivity index (χ3v) is 8.83. The van der Waals surface area contributed by atoms with Gasteiger partial charge in [0.25, 0.3) is 0 Å². The van der Waals surface area contributed by atoms with Gasteiger partial charge in [0.05, 0.1) is 0 Å². The summed E-state index contributed by atoms with van der Waals surface area (Å²) < 4.78 is 0. The van der Waals surface area contributed by atoms with Crippen molar-refractivity contribution in [3.8, 4) is 11.8 Å². The largest absolute Gasteiger partial charge is 0.108 e. The van der Waals surface area contributed by atoms with Crippen molar-refractivity contribution in [2.24, 2.45) is 0 Å². The molecule has 0 nitrogen and oxygen atoms in total. The second kappa shape index (κ2) is 7.70. The van der Waals surface area contributed by atoms with E-state index in [2.05, 4.69) is 141 Å². The molecular formula is C38H26. The summed E-state index contributed by atoms with van der Waals surface area (Å²) >= 11 is 0. The smallest absolute Gasteiger partial charge is 0.0764 e. The number of benzene rings is 6. The second-order valence-corrected chi connectivity index (χ2v) is 10.8. The molecule has 178 valence electrons. The molecule has 38 heavy (non-hydrogen) atoms. The van der Waals surface area contributed by atoms with Crippen molar-refractivity contribution in [3.63, 3.8) is 0 Å². The maximum atomic E-state index is 4.01. The molecule has 0 spiro atoms. The van der Waals surface area contributed by atoms with Crippen molar-refractivity contribution in [1.29, 1.82) is 0 Å². The lowest BCUT2D eigenvalue weighted by atomic mass is 9.52. The lowest BCUT2D eigenvalue weighted by Gasteiger charge is -2.49. The second-order valence-electron chi connectivity index (χ2n) is 10.8. The molecule has 0 fully saturated rings. The van der Waals surface area contributed by atoms with Crippen LogP contribution in [-0.2, 0) is 5.41 Å². The summed E-state index contributed by atoms with van der Waals surface area (Å²) in [6.45, 7) is 4.53. The molecule has 3 aliphatic rings. The van der Waals surface area contributed by atoms with Gasteiger partial charge < -0.3 is 0 Å². The van der Waals surface area contributed by atoms with E-state index >= 15 is 0 Å². The number of hydrogen-bond donors (Lipinski definition) is 0. The van der Waals surface area contributed by atoms with E-state index in [1.165, 1.54) is 66.1 Å². The zero-order valence-corrected chi connectivity index (χ0v) is 21.5. The van der Waals surface area contributed by atoms with Crippen molar-refractivity contribution in [2.45, 2.75) is 25.2 Å². The predicted molar refractivity (Wildman–Crippen MR) is 158 cm³/mol. The fourth-order valence-corrected chi connectivity index (χ4v) is 7.28. The Bertz CT molecular complexity index is 1910. The average Bonchev–Trinajstić information content (AvgIpc) is 2.97. The lowest BCUT2D eigenvalue weighted by Crippen LogP contribution is -2.42. The molecule has 0 aromatic heterocycles. The third-order valence-electron chi connectivity index (χ3n) is 8.83. The van der Waals surface area contributed by atoms with E-state index in [0.29, 0.717) is 0 Å². The van der Waals surface area contributed by atoms with Crippen LogP contribution in [0.3, 0.4) is 0 Å². The van der Waals surface area contributed by atoms with E-state index in [4.69, 9.17) is 0 Å². The summed E-state index contributed by atoms with van der Waals surface area (Å²) in [4.78, 5) is 0. The fourth-order valence-electron chi connectivity index (χ4n) is 7.28. The topological polar surface area (TPSA) is 0 Å². The van der Waals surface area contributed by atoms with E-state index in [1.807, 2.05) is 0 Å². The van der Waals surface area contributed by atoms with Crippen LogP contribution in [0.4, 0.5) is 0 Å². The van der Waals surface area contributed by atoms with Crippen molar-refractivity contribution in [1.82, 2.24) is 0 Å². The number of rotatable bonds is 0. The van der Waals surface area contributed by atoms with Crippen LogP contribution in [0.15, 0.2) is 115 Å². The molecule has 0 amide bonds. The Morgan fingerprint density at radius 1 is 0.579 bits per heavy atom. The van der Waals surface area contributed by atoms with E-state index in [0.717, 1.165) is 5.56 Å². The van der Waals surface area contributed by atoms with Crippen molar-refractivity contribution in [2.75, 3.05) is 0 Å². The van der Waals surface area contributed by atoms with Gasteiger partial charge in [-0.15, -0.1) is 0 Å². The molecule has 0 unspecified atom stereocenters. The summed E-state index contributed by atoms with van der Waals surface area (Å²) in [6, 6.07) is 42.2. The summed E-state index contributed by atoms with van der Waals surface area (Å²) in [5.41, 5.74) is 11.5. The first-order valence-corrected chi connectivity index (χ1v) is 13.4. The van der Waals surface area contributed by atoms with Crippen molar-refractivity contribution < 1.29 is 0 Å². The van der Waals surface area contributed by atoms with E-state index < -0.39 is 5.41 Å². The standard InChI is InChI=1S/C38H26/c1-24-19-20-25(2)37-35(24)36-31-15-7-9-17-33(31)38(37,34-18-10-8-16-32(34)36)22-21-30-28-13-5-3-11-26(28)23-27-12-4-6-14-29(27)30/h3-20,23,36H,1-2H3. The summed E-state index contributed by atoms with van der Waals surface area (Å²) in [6.07, 6.45) is 0. The highest BCUT2D eigenvalue weighted by atomic mass is 14.5. The van der Waals surface area contributed by atoms with Crippen LogP contribution in [0.5, 0.6) is 0 Å². The van der Waals surface area contributed by atoms with Crippen LogP contribution < -0.4 is 0 Å². The third kappa shape index (κ3) is 2.66. The molecule has 0 heterocycles. The van der Waals surface area contributed by atoms with Crippen molar-refractivity contribution >= 4 is 21.5 Å². The molecule has 0 atom stereocenters. The van der Waals surface area contributed by atoms with Gasteiger partial charge in [-0.1, -0.05) is 121 Å². The van der Waals surface area contributed by atoms with Gasteiger partial charge in [-0.3, -0.25) is 0 Å². The molecule has 6 aromatic carbocycles. The average molecular weight is 483 g/mol. The number of fused-ring (bicyclic) bond motifs is 2. The summed E-state index contributed by atoms with van der Waals surface area (Å²) in [7, 11) is 0. The van der Waals surface area contributed by atoms with Crippen LogP contribution in [0.2, 0.25) is 0 Å². The molecule has 2 bridgehead atoms. The highest BCUT2D eigenvalue weighted by molar-refractivity contribution is 6.04. The predicted octanol–water partition coefficient (Wildman–Crippen LogP) is 8.80. The van der Waals surface area contributed by atoms with Crippen LogP contribution in [0.25, 0.3) is 21.5 Å². The minimum atomic E-state index is -0.522. The van der Waals surface area contributed by atoms with Gasteiger partial charge in [0.15, 0.2) is 0 Å². The molecule has 9 rings (SSSR count). The van der Waals surface area contributed by atoms with Crippen LogP contribution in [0, 0.1) is 25.7 Å². The number of aryl methyl sites for hydroxylation is 2. The molecule has 0 saturated heterocycles. The highest BCUT2D eigenvalue weighted by Gasteiger charge is 2.52. The fraction of sp³-hybridized carbons (Fsp3) is 0.105. The highest BCUT2D eigenvalue weighted by Crippen LogP contribution is 2.60. The van der Waals surface area contributed by atoms with Crippen molar-refractivity contribution in [3.05, 3.63) is 165 Å². The Morgan fingerprint density at radius 3 is 1.74 bits per heavy atom. The van der Waals surface area contributed by atoms with E-state index in [1.54, 1.807) is 0 Å². The zero-order valence-electron chi connectivity index (χ0n) is 21.5. The van der Waals surface area contributed by atoms with Gasteiger partial charge in [-0.2, -0.15) is 0 Å². The summed E-state index contributed by atoms with van der Waals surface area (Å²) in [5.74, 6) is 8.10. The minimum Gasteiger partial charge on any atom is -0.0764 e. The summed E-state index contributed by atoms with van der Waals surface area (Å²) in [5, 5.41) is 4.88. The van der Waals surface area contributed by atoms with Gasteiger partial charge in [0, 0.05) is 11.5 Å². The first kappa shape index (κ1) is 21.5. The molecular weight excluding hydrogens is 456 g/mol. The van der Waals surface area contributed by atoms with Crippen LogP contribution in [-0.4, -0.2) is 0 Å². The first-order valence-electron chi connectivity index (χ1n) is 13.4. The maximum absolute atomic E-state index is 4.01. The Morgan fingerprint density at radius 2 is 1.11 bits per heavy atom. The van der Waals surface area contributed by atoms with Gasteiger partial charge in [-0.25, -0.2) is 0 Å². The van der Waals surface area contributed by atoms with Gasteiger partial charge >= 0.3 is 0 Å². The maximum Gasteiger partial charge on any atom is 0.108 e. The quantitative estimate of drug-likeness (QED) is 0.150. The van der Waals surface area contributed by atoms with Gasteiger partial charge in [0.2, 0.25) is 0 Å². The van der Waals surface area contributed by atoms with E-state index in [-0.39, 0.29) is 5.92 Å². The monoisotopic (exact) mass is 482 g/mol. The normalized spacial score (nSPS) is 18.4. The van der Waals surface area contributed by atoms with Gasteiger partial charge in [0.1, 0.15) is 5.41 Å². The molecule has 0 N–H and O–H groups in total. The molecule has 0 radical (unpaired) electrons. The molecule has 0 saturated carbocycles. The lowest BCUT2D eigenvalue weighted by molar-refractivity contribution is 0.657.